The van der Waals surface area contributed by atoms with Gasteiger partial charge in [0.2, 0.25) is 0 Å². The molecule has 2 aliphatic rings. The quantitative estimate of drug-likeness (QED) is 0.738. The first-order valence-electron chi connectivity index (χ1n) is 10.8. The minimum absolute atomic E-state index is 0.00995. The lowest BCUT2D eigenvalue weighted by atomic mass is 9.86. The third-order valence-electron chi connectivity index (χ3n) is 6.14. The molecule has 0 saturated heterocycles. The van der Waals surface area contributed by atoms with Crippen LogP contribution in [0.5, 0.6) is 11.5 Å². The van der Waals surface area contributed by atoms with Crippen LogP contribution >= 0.6 is 0 Å². The van der Waals surface area contributed by atoms with Crippen molar-refractivity contribution < 1.29 is 19.1 Å². The van der Waals surface area contributed by atoms with Crippen LogP contribution in [0.15, 0.2) is 30.3 Å². The summed E-state index contributed by atoms with van der Waals surface area (Å²) < 4.78 is 11.5. The summed E-state index contributed by atoms with van der Waals surface area (Å²) in [6, 6.07) is 9.47. The molecule has 5 nitrogen and oxygen atoms in total. The smallest absolute Gasteiger partial charge is 0.252 e. The maximum Gasteiger partial charge on any atom is 0.252 e. The van der Waals surface area contributed by atoms with Gasteiger partial charge < -0.3 is 14.8 Å². The molecule has 1 saturated carbocycles. The third-order valence-corrected chi connectivity index (χ3v) is 6.14. The van der Waals surface area contributed by atoms with Gasteiger partial charge in [-0.1, -0.05) is 37.0 Å². The van der Waals surface area contributed by atoms with Gasteiger partial charge in [0.1, 0.15) is 18.8 Å². The molecule has 0 unspecified atom stereocenters. The predicted molar refractivity (Wildman–Crippen MR) is 116 cm³/mol. The van der Waals surface area contributed by atoms with E-state index in [9.17, 15) is 9.59 Å². The van der Waals surface area contributed by atoms with Crippen LogP contribution in [0.2, 0.25) is 0 Å². The first-order chi connectivity index (χ1) is 14.4. The van der Waals surface area contributed by atoms with Gasteiger partial charge in [-0.05, 0) is 57.4 Å². The topological polar surface area (TPSA) is 64.6 Å². The third kappa shape index (κ3) is 3.69. The summed E-state index contributed by atoms with van der Waals surface area (Å²) in [6.45, 7) is 6.96. The van der Waals surface area contributed by atoms with Crippen LogP contribution < -0.4 is 14.8 Å². The molecule has 1 aliphatic carbocycles. The van der Waals surface area contributed by atoms with E-state index in [1.807, 2.05) is 32.9 Å². The van der Waals surface area contributed by atoms with Crippen molar-refractivity contribution in [2.75, 3.05) is 13.2 Å². The van der Waals surface area contributed by atoms with Crippen molar-refractivity contribution in [1.29, 1.82) is 0 Å². The molecule has 0 bridgehead atoms. The Bertz CT molecular complexity index is 969. The SMILES string of the molecule is CCc1c(C(=O)NC2(C(=O)c3cc(C)cc(C)c3)CCCC2)ccc2c1OCCO2. The Morgan fingerprint density at radius 1 is 1.00 bits per heavy atom. The summed E-state index contributed by atoms with van der Waals surface area (Å²) in [5.41, 5.74) is 3.32. The molecule has 1 N–H and O–H groups in total. The fraction of sp³-hybridized carbons (Fsp3) is 0.440. The summed E-state index contributed by atoms with van der Waals surface area (Å²) in [6.07, 6.45) is 3.83. The molecule has 1 heterocycles. The highest BCUT2D eigenvalue weighted by molar-refractivity contribution is 6.08. The van der Waals surface area contributed by atoms with Gasteiger partial charge in [-0.15, -0.1) is 0 Å². The number of carbonyl (C=O) groups excluding carboxylic acids is 2. The fourth-order valence-electron chi connectivity index (χ4n) is 4.79. The standard InChI is InChI=1S/C25H29NO4/c1-4-19-20(7-8-21-22(19)30-12-11-29-21)24(28)26-25(9-5-6-10-25)23(27)18-14-16(2)13-17(3)15-18/h7-8,13-15H,4-6,9-12H2,1-3H3,(H,26,28). The van der Waals surface area contributed by atoms with E-state index in [4.69, 9.17) is 9.47 Å². The summed E-state index contributed by atoms with van der Waals surface area (Å²) >= 11 is 0. The number of amides is 1. The lowest BCUT2D eigenvalue weighted by Gasteiger charge is -2.30. The van der Waals surface area contributed by atoms with E-state index in [0.29, 0.717) is 55.1 Å². The largest absolute Gasteiger partial charge is 0.486 e. The molecule has 5 heteroatoms. The van der Waals surface area contributed by atoms with Gasteiger partial charge in [0.25, 0.3) is 5.91 Å². The molecule has 1 amide bonds. The van der Waals surface area contributed by atoms with E-state index in [1.54, 1.807) is 12.1 Å². The number of hydrogen-bond acceptors (Lipinski definition) is 4. The molecular weight excluding hydrogens is 378 g/mol. The number of benzene rings is 2. The van der Waals surface area contributed by atoms with Gasteiger partial charge in [0, 0.05) is 16.7 Å². The zero-order valence-corrected chi connectivity index (χ0v) is 18.0. The van der Waals surface area contributed by atoms with Gasteiger partial charge in [-0.3, -0.25) is 9.59 Å². The highest BCUT2D eigenvalue weighted by atomic mass is 16.6. The number of ether oxygens (including phenoxy) is 2. The Labute approximate surface area is 177 Å². The van der Waals surface area contributed by atoms with E-state index in [0.717, 1.165) is 29.5 Å². The molecule has 0 atom stereocenters. The molecule has 0 spiro atoms. The van der Waals surface area contributed by atoms with E-state index >= 15 is 0 Å². The molecule has 4 rings (SSSR count). The molecule has 30 heavy (non-hydrogen) atoms. The van der Waals surface area contributed by atoms with Gasteiger partial charge in [-0.2, -0.15) is 0 Å². The molecule has 1 fully saturated rings. The molecule has 2 aromatic rings. The summed E-state index contributed by atoms with van der Waals surface area (Å²) in [5, 5.41) is 3.14. The number of Topliss-reactive ketones (excluding diaryl/α,β-unsaturated/α-hetero) is 1. The van der Waals surface area contributed by atoms with Crippen molar-refractivity contribution in [1.82, 2.24) is 5.32 Å². The molecule has 0 aromatic heterocycles. The minimum atomic E-state index is -0.852. The second kappa shape index (κ2) is 8.13. The second-order valence-corrected chi connectivity index (χ2v) is 8.42. The molecule has 1 aliphatic heterocycles. The summed E-state index contributed by atoms with van der Waals surface area (Å²) in [4.78, 5) is 26.9. The average Bonchev–Trinajstić information content (AvgIpc) is 3.21. The summed E-state index contributed by atoms with van der Waals surface area (Å²) in [5.74, 6) is 1.12. The fourth-order valence-corrected chi connectivity index (χ4v) is 4.79. The monoisotopic (exact) mass is 407 g/mol. The number of aryl methyl sites for hydroxylation is 2. The maximum absolute atomic E-state index is 13.6. The zero-order chi connectivity index (χ0) is 21.3. The van der Waals surface area contributed by atoms with Crippen LogP contribution in [-0.4, -0.2) is 30.4 Å². The number of hydrogen-bond donors (Lipinski definition) is 1. The Balaban J connectivity index is 1.67. The Kier molecular flexibility index (Phi) is 5.54. The van der Waals surface area contributed by atoms with Crippen molar-refractivity contribution in [3.8, 4) is 11.5 Å². The highest BCUT2D eigenvalue weighted by Gasteiger charge is 2.43. The normalized spacial score (nSPS) is 16.9. The van der Waals surface area contributed by atoms with Crippen LogP contribution in [0.3, 0.4) is 0 Å². The highest BCUT2D eigenvalue weighted by Crippen LogP contribution is 2.38. The van der Waals surface area contributed by atoms with Crippen molar-refractivity contribution in [2.45, 2.75) is 58.4 Å². The lowest BCUT2D eigenvalue weighted by Crippen LogP contribution is -2.52. The van der Waals surface area contributed by atoms with Crippen molar-refractivity contribution in [3.63, 3.8) is 0 Å². The minimum Gasteiger partial charge on any atom is -0.486 e. The van der Waals surface area contributed by atoms with E-state index in [2.05, 4.69) is 11.4 Å². The maximum atomic E-state index is 13.6. The van der Waals surface area contributed by atoms with E-state index < -0.39 is 5.54 Å². The van der Waals surface area contributed by atoms with Crippen molar-refractivity contribution in [3.05, 3.63) is 58.1 Å². The van der Waals surface area contributed by atoms with E-state index in [-0.39, 0.29) is 11.7 Å². The van der Waals surface area contributed by atoms with Gasteiger partial charge in [0.05, 0.1) is 0 Å². The second-order valence-electron chi connectivity index (χ2n) is 8.42. The first kappa shape index (κ1) is 20.5. The van der Waals surface area contributed by atoms with Crippen LogP contribution in [-0.2, 0) is 6.42 Å². The molecule has 158 valence electrons. The number of rotatable bonds is 5. The number of carbonyl (C=O) groups is 2. The van der Waals surface area contributed by atoms with E-state index in [1.165, 1.54) is 0 Å². The predicted octanol–water partition coefficient (Wildman–Crippen LogP) is 4.56. The molecular formula is C25H29NO4. The molecule has 2 aromatic carbocycles. The first-order valence-corrected chi connectivity index (χ1v) is 10.8. The van der Waals surface area contributed by atoms with Crippen LogP contribution in [0.25, 0.3) is 0 Å². The van der Waals surface area contributed by atoms with Crippen LogP contribution in [0.4, 0.5) is 0 Å². The number of fused-ring (bicyclic) bond motifs is 1. The zero-order valence-electron chi connectivity index (χ0n) is 18.0. The van der Waals surface area contributed by atoms with Crippen molar-refractivity contribution >= 4 is 11.7 Å². The Morgan fingerprint density at radius 3 is 2.33 bits per heavy atom. The van der Waals surface area contributed by atoms with Crippen LogP contribution in [0, 0.1) is 13.8 Å². The lowest BCUT2D eigenvalue weighted by molar-refractivity contribution is 0.0769. The Morgan fingerprint density at radius 2 is 1.67 bits per heavy atom. The molecule has 0 radical (unpaired) electrons. The van der Waals surface area contributed by atoms with Crippen LogP contribution in [0.1, 0.15) is 70.0 Å². The summed E-state index contributed by atoms with van der Waals surface area (Å²) in [7, 11) is 0. The number of nitrogens with one attached hydrogen (secondary N) is 1. The van der Waals surface area contributed by atoms with Gasteiger partial charge in [0.15, 0.2) is 17.3 Å². The number of ketones is 1. The van der Waals surface area contributed by atoms with Crippen molar-refractivity contribution in [2.24, 2.45) is 0 Å². The van der Waals surface area contributed by atoms with Gasteiger partial charge in [-0.25, -0.2) is 0 Å². The average molecular weight is 408 g/mol. The van der Waals surface area contributed by atoms with Gasteiger partial charge >= 0.3 is 0 Å². The Hall–Kier alpha value is -2.82.